The van der Waals surface area contributed by atoms with Gasteiger partial charge in [0.2, 0.25) is 0 Å². The van der Waals surface area contributed by atoms with E-state index < -0.39 is 0 Å². The van der Waals surface area contributed by atoms with Crippen LogP contribution in [0.15, 0.2) is 4.63 Å². The number of hydrogen-bond donors (Lipinski definition) is 0. The molecule has 0 N–H and O–H groups in total. The summed E-state index contributed by atoms with van der Waals surface area (Å²) < 4.78 is 4.62. The predicted molar refractivity (Wildman–Crippen MR) is 64.1 cm³/mol. The van der Waals surface area contributed by atoms with Crippen LogP contribution in [0.1, 0.15) is 29.0 Å². The first kappa shape index (κ1) is 11.6. The monoisotopic (exact) mass is 250 g/mol. The smallest absolute Gasteiger partial charge is 0.278 e. The highest BCUT2D eigenvalue weighted by Gasteiger charge is 2.36. The fraction of sp³-hybridized carbons (Fsp3) is 0.750. The maximum absolute atomic E-state index is 12.4. The van der Waals surface area contributed by atoms with Crippen molar-refractivity contribution >= 4 is 5.91 Å². The van der Waals surface area contributed by atoms with Crippen molar-refractivity contribution in [1.82, 2.24) is 20.1 Å². The lowest BCUT2D eigenvalue weighted by Gasteiger charge is -2.32. The largest absolute Gasteiger partial charge is 0.335 e. The van der Waals surface area contributed by atoms with Crippen molar-refractivity contribution in [1.29, 1.82) is 0 Å². The summed E-state index contributed by atoms with van der Waals surface area (Å²) in [6.45, 7) is 4.46. The Morgan fingerprint density at radius 1 is 1.28 bits per heavy atom. The highest BCUT2D eigenvalue weighted by atomic mass is 16.6. The van der Waals surface area contributed by atoms with Gasteiger partial charge >= 0.3 is 0 Å². The molecule has 18 heavy (non-hydrogen) atoms. The number of carbonyl (C=O) groups is 1. The lowest BCUT2D eigenvalue weighted by atomic mass is 9.96. The lowest BCUT2D eigenvalue weighted by molar-refractivity contribution is 0.0731. The van der Waals surface area contributed by atoms with Gasteiger partial charge in [-0.05, 0) is 37.9 Å². The van der Waals surface area contributed by atoms with E-state index in [1.54, 1.807) is 6.92 Å². The van der Waals surface area contributed by atoms with E-state index in [0.717, 1.165) is 19.6 Å². The minimum absolute atomic E-state index is 0.0408. The molecule has 0 radical (unpaired) electrons. The second-order valence-electron chi connectivity index (χ2n) is 5.45. The Bertz CT molecular complexity index is 459. The summed E-state index contributed by atoms with van der Waals surface area (Å²) in [6.07, 6.45) is 2.40. The molecule has 0 spiro atoms. The number of carbonyl (C=O) groups excluding carboxylic acids is 1. The molecule has 3 saturated heterocycles. The maximum atomic E-state index is 12.4. The van der Waals surface area contributed by atoms with Crippen LogP contribution in [0.2, 0.25) is 0 Å². The van der Waals surface area contributed by atoms with E-state index in [2.05, 4.69) is 26.9 Å². The number of fused-ring (bicyclic) bond motifs is 4. The zero-order chi connectivity index (χ0) is 12.7. The first-order valence-electron chi connectivity index (χ1n) is 6.44. The second kappa shape index (κ2) is 4.35. The van der Waals surface area contributed by atoms with Gasteiger partial charge in [-0.2, -0.15) is 0 Å². The SMILES string of the molecule is Cc1nonc1C(=O)N1C[C@H]2CC[C@@H](C1)N(C)C2. The van der Waals surface area contributed by atoms with Crippen LogP contribution in [0.5, 0.6) is 0 Å². The Balaban J connectivity index is 1.81. The second-order valence-corrected chi connectivity index (χ2v) is 5.45. The Labute approximate surface area is 106 Å². The topological polar surface area (TPSA) is 62.5 Å². The van der Waals surface area contributed by atoms with Crippen molar-refractivity contribution in [3.8, 4) is 0 Å². The third-order valence-corrected chi connectivity index (χ3v) is 4.13. The molecule has 1 aromatic rings. The summed E-state index contributed by atoms with van der Waals surface area (Å²) >= 11 is 0. The molecule has 0 aromatic carbocycles. The standard InChI is InChI=1S/C12H18N4O2/c1-8-11(14-18-13-8)12(17)16-6-9-3-4-10(7-16)15(2)5-9/h9-10H,3-7H2,1-2H3/t9-,10-/m0/s1. The highest BCUT2D eigenvalue weighted by Crippen LogP contribution is 2.27. The number of likely N-dealkylation sites (N-methyl/N-ethyl adjacent to an activating group) is 1. The van der Waals surface area contributed by atoms with Crippen molar-refractivity contribution in [3.63, 3.8) is 0 Å². The molecular formula is C12H18N4O2. The summed E-state index contributed by atoms with van der Waals surface area (Å²) in [5, 5.41) is 7.40. The van der Waals surface area contributed by atoms with E-state index in [1.165, 1.54) is 12.8 Å². The van der Waals surface area contributed by atoms with E-state index in [1.807, 2.05) is 4.90 Å². The molecule has 1 aromatic heterocycles. The number of hydrogen-bond acceptors (Lipinski definition) is 5. The number of aryl methyl sites for hydroxylation is 1. The number of piperidine rings is 1. The van der Waals surface area contributed by atoms with E-state index in [0.29, 0.717) is 23.3 Å². The summed E-state index contributed by atoms with van der Waals surface area (Å²) in [6, 6.07) is 0.480. The molecule has 2 atom stereocenters. The third kappa shape index (κ3) is 1.90. The van der Waals surface area contributed by atoms with Crippen molar-refractivity contribution < 1.29 is 9.42 Å². The Morgan fingerprint density at radius 2 is 2.11 bits per heavy atom. The predicted octanol–water partition coefficient (Wildman–Crippen LogP) is 0.544. The van der Waals surface area contributed by atoms with E-state index in [4.69, 9.17) is 0 Å². The molecule has 4 heterocycles. The van der Waals surface area contributed by atoms with Gasteiger partial charge in [0.25, 0.3) is 5.91 Å². The van der Waals surface area contributed by atoms with Crippen LogP contribution in [0.4, 0.5) is 0 Å². The van der Waals surface area contributed by atoms with Gasteiger partial charge in [-0.1, -0.05) is 5.16 Å². The minimum atomic E-state index is -0.0408. The number of rotatable bonds is 1. The van der Waals surface area contributed by atoms with Crippen LogP contribution in [0.3, 0.4) is 0 Å². The molecule has 0 aliphatic carbocycles. The summed E-state index contributed by atoms with van der Waals surface area (Å²) in [5.41, 5.74) is 0.934. The zero-order valence-corrected chi connectivity index (χ0v) is 10.8. The van der Waals surface area contributed by atoms with E-state index >= 15 is 0 Å². The summed E-state index contributed by atoms with van der Waals surface area (Å²) in [5.74, 6) is 0.541. The summed E-state index contributed by atoms with van der Waals surface area (Å²) in [7, 11) is 2.15. The Hall–Kier alpha value is -1.43. The van der Waals surface area contributed by atoms with E-state index in [9.17, 15) is 4.79 Å². The zero-order valence-electron chi connectivity index (χ0n) is 10.8. The third-order valence-electron chi connectivity index (χ3n) is 4.13. The van der Waals surface area contributed by atoms with Crippen LogP contribution < -0.4 is 0 Å². The highest BCUT2D eigenvalue weighted by molar-refractivity contribution is 5.93. The molecule has 3 fully saturated rings. The molecule has 6 nitrogen and oxygen atoms in total. The molecular weight excluding hydrogens is 232 g/mol. The van der Waals surface area contributed by atoms with Crippen LogP contribution in [0.25, 0.3) is 0 Å². The van der Waals surface area contributed by atoms with Crippen LogP contribution >= 0.6 is 0 Å². The first-order valence-corrected chi connectivity index (χ1v) is 6.44. The van der Waals surface area contributed by atoms with Crippen molar-refractivity contribution in [3.05, 3.63) is 11.4 Å². The number of aromatic nitrogens is 2. The van der Waals surface area contributed by atoms with Gasteiger partial charge in [0.05, 0.1) is 0 Å². The van der Waals surface area contributed by atoms with Gasteiger partial charge in [-0.25, -0.2) is 4.63 Å². The van der Waals surface area contributed by atoms with Gasteiger partial charge < -0.3 is 9.80 Å². The number of amides is 1. The van der Waals surface area contributed by atoms with Gasteiger partial charge in [-0.15, -0.1) is 0 Å². The molecule has 0 saturated carbocycles. The molecule has 3 aliphatic heterocycles. The Kier molecular flexibility index (Phi) is 2.81. The average Bonchev–Trinajstić information content (AvgIpc) is 2.59. The molecule has 4 rings (SSSR count). The normalized spacial score (nSPS) is 28.4. The molecule has 2 bridgehead atoms. The van der Waals surface area contributed by atoms with Crippen molar-refractivity contribution in [2.75, 3.05) is 26.7 Å². The Morgan fingerprint density at radius 3 is 2.78 bits per heavy atom. The molecule has 1 amide bonds. The fourth-order valence-electron chi connectivity index (χ4n) is 3.06. The van der Waals surface area contributed by atoms with Crippen LogP contribution in [-0.2, 0) is 0 Å². The first-order chi connectivity index (χ1) is 8.65. The lowest BCUT2D eigenvalue weighted by Crippen LogP contribution is -2.42. The van der Waals surface area contributed by atoms with Gasteiger partial charge in [0, 0.05) is 25.7 Å². The fourth-order valence-corrected chi connectivity index (χ4v) is 3.06. The number of nitrogens with zero attached hydrogens (tertiary/aromatic N) is 4. The molecule has 0 unspecified atom stereocenters. The minimum Gasteiger partial charge on any atom is -0.335 e. The van der Waals surface area contributed by atoms with Gasteiger partial charge in [-0.3, -0.25) is 4.79 Å². The van der Waals surface area contributed by atoms with Gasteiger partial charge in [0.15, 0.2) is 5.69 Å². The maximum Gasteiger partial charge on any atom is 0.278 e. The molecule has 98 valence electrons. The summed E-state index contributed by atoms with van der Waals surface area (Å²) in [4.78, 5) is 16.7. The van der Waals surface area contributed by atoms with Crippen molar-refractivity contribution in [2.45, 2.75) is 25.8 Å². The van der Waals surface area contributed by atoms with Crippen LogP contribution in [0, 0.1) is 12.8 Å². The average molecular weight is 250 g/mol. The molecule has 3 aliphatic rings. The quantitative estimate of drug-likeness (QED) is 0.728. The molecule has 6 heteroatoms. The van der Waals surface area contributed by atoms with Crippen molar-refractivity contribution in [2.24, 2.45) is 5.92 Å². The van der Waals surface area contributed by atoms with E-state index in [-0.39, 0.29) is 5.91 Å². The van der Waals surface area contributed by atoms with Crippen LogP contribution in [-0.4, -0.2) is 58.7 Å². The van der Waals surface area contributed by atoms with Gasteiger partial charge in [0.1, 0.15) is 5.69 Å².